The van der Waals surface area contributed by atoms with Crippen molar-refractivity contribution in [1.82, 2.24) is 0 Å². The van der Waals surface area contributed by atoms with Gasteiger partial charge < -0.3 is 0 Å². The number of benzene rings is 1. The molecule has 0 radical (unpaired) electrons. The summed E-state index contributed by atoms with van der Waals surface area (Å²) in [6, 6.07) is 8.89. The Kier molecular flexibility index (Phi) is 2.56. The second kappa shape index (κ2) is 4.03. The molecule has 1 aromatic carbocycles. The van der Waals surface area contributed by atoms with E-state index in [1.807, 2.05) is 0 Å². The van der Waals surface area contributed by atoms with Gasteiger partial charge in [0, 0.05) is 0 Å². The molecule has 1 fully saturated rings. The topological polar surface area (TPSA) is 3.24 Å². The first-order valence-electron chi connectivity index (χ1n) is 5.66. The van der Waals surface area contributed by atoms with E-state index in [0.717, 1.165) is 0 Å². The van der Waals surface area contributed by atoms with Crippen molar-refractivity contribution in [3.63, 3.8) is 0 Å². The molecule has 1 nitrogen and oxygen atoms in total. The van der Waals surface area contributed by atoms with Gasteiger partial charge in [-0.15, -0.1) is 0 Å². The van der Waals surface area contributed by atoms with Crippen LogP contribution in [0.4, 0.5) is 5.69 Å². The van der Waals surface area contributed by atoms with Gasteiger partial charge in [-0.1, -0.05) is 0 Å². The zero-order valence-corrected chi connectivity index (χ0v) is 10.5. The number of rotatable bonds is 1. The van der Waals surface area contributed by atoms with Crippen LogP contribution in [0.15, 0.2) is 29.2 Å². The zero-order valence-electron chi connectivity index (χ0n) is 8.78. The van der Waals surface area contributed by atoms with E-state index in [4.69, 9.17) is 0 Å². The van der Waals surface area contributed by atoms with E-state index in [0.29, 0.717) is 14.5 Å². The van der Waals surface area contributed by atoms with E-state index >= 15 is 0 Å². The summed E-state index contributed by atoms with van der Waals surface area (Å²) < 4.78 is 1.56. The molecule has 0 atom stereocenters. The van der Waals surface area contributed by atoms with Crippen molar-refractivity contribution in [2.75, 3.05) is 18.0 Å². The van der Waals surface area contributed by atoms with E-state index in [1.165, 1.54) is 43.4 Å². The van der Waals surface area contributed by atoms with Gasteiger partial charge in [0.25, 0.3) is 0 Å². The Bertz CT molecular complexity index is 454. The summed E-state index contributed by atoms with van der Waals surface area (Å²) in [6.07, 6.45) is 4.15. The van der Waals surface area contributed by atoms with E-state index < -0.39 is 0 Å². The van der Waals surface area contributed by atoms with Crippen LogP contribution in [-0.2, 0) is 0 Å². The Balaban J connectivity index is 2.02. The first-order chi connectivity index (χ1) is 7.45. The first-order valence-corrected chi connectivity index (χ1v) is 7.51. The molecule has 0 aliphatic carbocycles. The third-order valence-electron chi connectivity index (χ3n) is 3.16. The molecule has 0 N–H and O–H groups in total. The van der Waals surface area contributed by atoms with Gasteiger partial charge in [-0.2, -0.15) is 0 Å². The van der Waals surface area contributed by atoms with Crippen molar-refractivity contribution in [3.05, 3.63) is 29.2 Å². The Labute approximate surface area is 96.4 Å². The van der Waals surface area contributed by atoms with E-state index in [1.54, 1.807) is 4.26 Å². The number of hydrogen-bond donors (Lipinski definition) is 0. The van der Waals surface area contributed by atoms with Crippen LogP contribution in [0, 0.1) is 0 Å². The molecule has 2 aromatic rings. The molecule has 1 saturated heterocycles. The molecule has 78 valence electrons. The maximum atomic E-state index is 2.58. The number of nitrogens with zero attached hydrogens (tertiary/aromatic N) is 1. The van der Waals surface area contributed by atoms with Gasteiger partial charge >= 0.3 is 96.3 Å². The molecule has 1 aromatic heterocycles. The van der Waals surface area contributed by atoms with Crippen LogP contribution in [-0.4, -0.2) is 27.6 Å². The Morgan fingerprint density at radius 1 is 1.00 bits per heavy atom. The summed E-state index contributed by atoms with van der Waals surface area (Å²) >= 11 is 0.573. The van der Waals surface area contributed by atoms with Crippen LogP contribution in [0.25, 0.3) is 9.65 Å². The number of anilines is 1. The summed E-state index contributed by atoms with van der Waals surface area (Å²) in [5.74, 6) is 0. The Hall–Kier alpha value is -0.721. The molecular weight excluding hydrogens is 249 g/mol. The van der Waals surface area contributed by atoms with Gasteiger partial charge in [0.2, 0.25) is 0 Å². The molecule has 0 spiro atoms. The number of fused-ring (bicyclic) bond motifs is 1. The standard InChI is InChI=1S/C13H15NSe/c1-4-8-14(9-5-1)12-10-15-13-7-3-2-6-11(12)13/h2-3,6-7,10H,1,4-5,8-9H2. The van der Waals surface area contributed by atoms with Crippen LogP contribution >= 0.6 is 0 Å². The molecule has 3 rings (SSSR count). The third-order valence-corrected chi connectivity index (χ3v) is 5.15. The molecule has 0 saturated carbocycles. The molecule has 0 unspecified atom stereocenters. The van der Waals surface area contributed by atoms with Crippen LogP contribution < -0.4 is 4.90 Å². The molecule has 0 bridgehead atoms. The summed E-state index contributed by atoms with van der Waals surface area (Å²) in [5.41, 5.74) is 1.52. The Morgan fingerprint density at radius 3 is 2.67 bits per heavy atom. The quantitative estimate of drug-likeness (QED) is 0.716. The van der Waals surface area contributed by atoms with E-state index in [-0.39, 0.29) is 0 Å². The van der Waals surface area contributed by atoms with Crippen molar-refractivity contribution >= 4 is 29.8 Å². The van der Waals surface area contributed by atoms with Crippen molar-refractivity contribution in [3.8, 4) is 0 Å². The second-order valence-corrected chi connectivity index (χ2v) is 6.08. The predicted molar refractivity (Wildman–Crippen MR) is 67.0 cm³/mol. The molecule has 0 amide bonds. The second-order valence-electron chi connectivity index (χ2n) is 4.16. The van der Waals surface area contributed by atoms with Crippen molar-refractivity contribution < 1.29 is 0 Å². The minimum atomic E-state index is 0.573. The SMILES string of the molecule is c1ccc2c(N3CCCCC3)c[se]c2c1. The summed E-state index contributed by atoms with van der Waals surface area (Å²) in [7, 11) is 0. The van der Waals surface area contributed by atoms with Crippen LogP contribution in [0.2, 0.25) is 0 Å². The monoisotopic (exact) mass is 265 g/mol. The molecule has 15 heavy (non-hydrogen) atoms. The van der Waals surface area contributed by atoms with Crippen LogP contribution in [0.5, 0.6) is 0 Å². The normalized spacial score (nSPS) is 17.2. The molecule has 1 aliphatic rings. The van der Waals surface area contributed by atoms with Gasteiger partial charge in [0.05, 0.1) is 0 Å². The number of hydrogen-bond acceptors (Lipinski definition) is 1. The fourth-order valence-electron chi connectivity index (χ4n) is 2.34. The average molecular weight is 264 g/mol. The summed E-state index contributed by atoms with van der Waals surface area (Å²) in [6.45, 7) is 2.52. The average Bonchev–Trinajstić information content (AvgIpc) is 2.74. The van der Waals surface area contributed by atoms with Gasteiger partial charge in [-0.3, -0.25) is 0 Å². The molecule has 1 aliphatic heterocycles. The van der Waals surface area contributed by atoms with Crippen LogP contribution in [0.3, 0.4) is 0 Å². The predicted octanol–water partition coefficient (Wildman–Crippen LogP) is 2.89. The first kappa shape index (κ1) is 9.50. The van der Waals surface area contributed by atoms with Gasteiger partial charge in [-0.05, 0) is 0 Å². The van der Waals surface area contributed by atoms with E-state index in [2.05, 4.69) is 34.1 Å². The fraction of sp³-hybridized carbons (Fsp3) is 0.385. The summed E-state index contributed by atoms with van der Waals surface area (Å²) in [4.78, 5) is 5.04. The van der Waals surface area contributed by atoms with Crippen molar-refractivity contribution in [2.24, 2.45) is 0 Å². The molecular formula is C13H15NSe. The zero-order chi connectivity index (χ0) is 10.1. The molecule has 2 heteroatoms. The van der Waals surface area contributed by atoms with Gasteiger partial charge in [0.1, 0.15) is 0 Å². The van der Waals surface area contributed by atoms with Gasteiger partial charge in [-0.25, -0.2) is 0 Å². The third kappa shape index (κ3) is 1.73. The summed E-state index contributed by atoms with van der Waals surface area (Å²) in [5, 5.41) is 1.50. The molecule has 2 heterocycles. The maximum absolute atomic E-state index is 2.58. The van der Waals surface area contributed by atoms with E-state index in [9.17, 15) is 0 Å². The number of piperidine rings is 1. The van der Waals surface area contributed by atoms with Crippen LogP contribution in [0.1, 0.15) is 19.3 Å². The van der Waals surface area contributed by atoms with Gasteiger partial charge in [0.15, 0.2) is 0 Å². The fourth-order valence-corrected chi connectivity index (χ4v) is 4.38. The minimum absolute atomic E-state index is 0.573. The van der Waals surface area contributed by atoms with Crippen molar-refractivity contribution in [2.45, 2.75) is 19.3 Å². The Morgan fingerprint density at radius 2 is 1.80 bits per heavy atom. The van der Waals surface area contributed by atoms with Crippen molar-refractivity contribution in [1.29, 1.82) is 0 Å².